The second kappa shape index (κ2) is 5.23. The largest absolute Gasteiger partial charge is 0.344 e. The van der Waals surface area contributed by atoms with Crippen molar-refractivity contribution in [3.8, 4) is 0 Å². The average Bonchev–Trinajstić information content (AvgIpc) is 3.16. The number of nitrogens with zero attached hydrogens (tertiary/aromatic N) is 3. The highest BCUT2D eigenvalue weighted by Crippen LogP contribution is 2.25. The number of thiophene rings is 1. The molecule has 0 atom stereocenters. The van der Waals surface area contributed by atoms with Crippen LogP contribution >= 0.6 is 11.3 Å². The number of para-hydroxylation sites is 1. The summed E-state index contributed by atoms with van der Waals surface area (Å²) >= 11 is 1.68. The van der Waals surface area contributed by atoms with Crippen LogP contribution in [0.1, 0.15) is 4.88 Å². The fourth-order valence-electron chi connectivity index (χ4n) is 2.38. The van der Waals surface area contributed by atoms with Gasteiger partial charge in [0.1, 0.15) is 5.52 Å². The Bertz CT molecular complexity index is 939. The van der Waals surface area contributed by atoms with Gasteiger partial charge < -0.3 is 5.32 Å². The van der Waals surface area contributed by atoms with Crippen LogP contribution in [-0.2, 0) is 6.54 Å². The zero-order valence-electron chi connectivity index (χ0n) is 11.6. The summed E-state index contributed by atoms with van der Waals surface area (Å²) in [6, 6.07) is 17.4. The number of carbonyl (C=O) groups excluding carboxylic acids is 1. The Morgan fingerprint density at radius 3 is 2.86 bits per heavy atom. The van der Waals surface area contributed by atoms with Gasteiger partial charge >= 0.3 is 6.03 Å². The van der Waals surface area contributed by atoms with Gasteiger partial charge in [0.25, 0.3) is 0 Å². The summed E-state index contributed by atoms with van der Waals surface area (Å²) in [4.78, 5) is 13.4. The van der Waals surface area contributed by atoms with Gasteiger partial charge in [-0.1, -0.05) is 35.5 Å². The molecule has 0 aliphatic heterocycles. The van der Waals surface area contributed by atoms with E-state index in [4.69, 9.17) is 0 Å². The summed E-state index contributed by atoms with van der Waals surface area (Å²) in [7, 11) is 0. The molecule has 5 nitrogen and oxygen atoms in total. The van der Waals surface area contributed by atoms with Gasteiger partial charge in [-0.15, -0.1) is 16.4 Å². The van der Waals surface area contributed by atoms with E-state index in [2.05, 4.69) is 33.8 Å². The van der Waals surface area contributed by atoms with Crippen molar-refractivity contribution < 1.29 is 4.79 Å². The Morgan fingerprint density at radius 2 is 1.95 bits per heavy atom. The molecule has 0 saturated carbocycles. The minimum absolute atomic E-state index is 0.272. The minimum atomic E-state index is -0.272. The van der Waals surface area contributed by atoms with Crippen molar-refractivity contribution in [2.45, 2.75) is 6.54 Å². The van der Waals surface area contributed by atoms with Gasteiger partial charge in [-0.25, -0.2) is 4.79 Å². The molecular weight excluding hydrogens is 296 g/mol. The van der Waals surface area contributed by atoms with Crippen molar-refractivity contribution >= 4 is 38.5 Å². The van der Waals surface area contributed by atoms with Crippen LogP contribution in [0.25, 0.3) is 21.1 Å². The monoisotopic (exact) mass is 308 g/mol. The standard InChI is InChI=1S/C16H12N4OS/c21-16(20-14-7-3-2-6-13(14)18-19-20)17-10-12-9-11-5-1-4-8-15(11)22-12/h1-9H,10H2,(H,17,21). The molecule has 1 N–H and O–H groups in total. The molecule has 108 valence electrons. The molecule has 2 heterocycles. The third-order valence-corrected chi connectivity index (χ3v) is 4.55. The molecule has 2 aromatic heterocycles. The fourth-order valence-corrected chi connectivity index (χ4v) is 3.38. The van der Waals surface area contributed by atoms with Gasteiger partial charge in [0, 0.05) is 9.58 Å². The van der Waals surface area contributed by atoms with Crippen molar-refractivity contribution in [2.75, 3.05) is 0 Å². The van der Waals surface area contributed by atoms with Crippen LogP contribution in [0, 0.1) is 0 Å². The molecule has 0 aliphatic rings. The Morgan fingerprint density at radius 1 is 1.14 bits per heavy atom. The fraction of sp³-hybridized carbons (Fsp3) is 0.0625. The van der Waals surface area contributed by atoms with Gasteiger partial charge in [-0.3, -0.25) is 0 Å². The molecule has 1 amide bonds. The Kier molecular flexibility index (Phi) is 3.08. The van der Waals surface area contributed by atoms with E-state index in [1.165, 1.54) is 14.8 Å². The van der Waals surface area contributed by atoms with Crippen molar-refractivity contribution in [1.82, 2.24) is 20.3 Å². The molecule has 0 bridgehead atoms. The number of benzene rings is 2. The maximum atomic E-state index is 12.3. The minimum Gasteiger partial charge on any atom is -0.331 e. The predicted octanol–water partition coefficient (Wildman–Crippen LogP) is 3.40. The first-order valence-electron chi connectivity index (χ1n) is 6.87. The molecule has 22 heavy (non-hydrogen) atoms. The first kappa shape index (κ1) is 13.0. The molecule has 0 fully saturated rings. The third kappa shape index (κ3) is 2.23. The molecule has 6 heteroatoms. The van der Waals surface area contributed by atoms with Gasteiger partial charge in [0.15, 0.2) is 0 Å². The SMILES string of the molecule is O=C(NCc1cc2ccccc2s1)n1nnc2ccccc21. The van der Waals surface area contributed by atoms with E-state index in [-0.39, 0.29) is 6.03 Å². The number of hydrogen-bond donors (Lipinski definition) is 1. The number of amides is 1. The molecule has 2 aromatic carbocycles. The van der Waals surface area contributed by atoms with Crippen molar-refractivity contribution in [2.24, 2.45) is 0 Å². The number of carbonyl (C=O) groups is 1. The van der Waals surface area contributed by atoms with E-state index in [0.717, 1.165) is 4.88 Å². The number of aromatic nitrogens is 3. The summed E-state index contributed by atoms with van der Waals surface area (Å²) in [5.41, 5.74) is 1.41. The molecule has 0 spiro atoms. The predicted molar refractivity (Wildman–Crippen MR) is 87.0 cm³/mol. The van der Waals surface area contributed by atoms with Crippen LogP contribution in [0.15, 0.2) is 54.6 Å². The van der Waals surface area contributed by atoms with Gasteiger partial charge in [0.2, 0.25) is 0 Å². The lowest BCUT2D eigenvalue weighted by Gasteiger charge is -2.03. The normalized spacial score (nSPS) is 11.1. The topological polar surface area (TPSA) is 59.8 Å². The van der Waals surface area contributed by atoms with E-state index >= 15 is 0 Å². The average molecular weight is 308 g/mol. The number of nitrogens with one attached hydrogen (secondary N) is 1. The molecule has 0 aliphatic carbocycles. The summed E-state index contributed by atoms with van der Waals surface area (Å²) in [5.74, 6) is 0. The van der Waals surface area contributed by atoms with Crippen LogP contribution in [0.4, 0.5) is 4.79 Å². The summed E-state index contributed by atoms with van der Waals surface area (Å²) in [5, 5.41) is 12.0. The zero-order valence-corrected chi connectivity index (χ0v) is 12.4. The van der Waals surface area contributed by atoms with E-state index in [9.17, 15) is 4.79 Å². The molecule has 0 radical (unpaired) electrons. The Labute approximate surface area is 130 Å². The maximum Gasteiger partial charge on any atom is 0.344 e. The second-order valence-corrected chi connectivity index (χ2v) is 6.07. The number of hydrogen-bond acceptors (Lipinski definition) is 4. The molecule has 0 unspecified atom stereocenters. The Balaban J connectivity index is 1.54. The smallest absolute Gasteiger partial charge is 0.331 e. The van der Waals surface area contributed by atoms with E-state index in [1.54, 1.807) is 11.3 Å². The van der Waals surface area contributed by atoms with E-state index < -0.39 is 0 Å². The summed E-state index contributed by atoms with van der Waals surface area (Å²) in [6.45, 7) is 0.479. The van der Waals surface area contributed by atoms with Crippen LogP contribution in [0.5, 0.6) is 0 Å². The lowest BCUT2D eigenvalue weighted by molar-refractivity contribution is 0.239. The van der Waals surface area contributed by atoms with E-state index in [0.29, 0.717) is 17.6 Å². The summed E-state index contributed by atoms with van der Waals surface area (Å²) < 4.78 is 2.51. The van der Waals surface area contributed by atoms with E-state index in [1.807, 2.05) is 36.4 Å². The molecule has 4 rings (SSSR count). The number of rotatable bonds is 2. The molecule has 4 aromatic rings. The third-order valence-electron chi connectivity index (χ3n) is 3.43. The highest BCUT2D eigenvalue weighted by molar-refractivity contribution is 7.19. The zero-order chi connectivity index (χ0) is 14.9. The molecular formula is C16H12N4OS. The van der Waals surface area contributed by atoms with Gasteiger partial charge in [-0.2, -0.15) is 4.68 Å². The van der Waals surface area contributed by atoms with Crippen molar-refractivity contribution in [3.63, 3.8) is 0 Å². The van der Waals surface area contributed by atoms with Crippen LogP contribution in [0.3, 0.4) is 0 Å². The van der Waals surface area contributed by atoms with Gasteiger partial charge in [0.05, 0.1) is 12.1 Å². The molecule has 0 saturated heterocycles. The first-order valence-corrected chi connectivity index (χ1v) is 7.69. The van der Waals surface area contributed by atoms with Gasteiger partial charge in [-0.05, 0) is 29.7 Å². The lowest BCUT2D eigenvalue weighted by atomic mass is 10.2. The second-order valence-electron chi connectivity index (χ2n) is 4.90. The van der Waals surface area contributed by atoms with Crippen molar-refractivity contribution in [3.05, 3.63) is 59.5 Å². The summed E-state index contributed by atoms with van der Waals surface area (Å²) in [6.07, 6.45) is 0. The lowest BCUT2D eigenvalue weighted by Crippen LogP contribution is -2.28. The highest BCUT2D eigenvalue weighted by Gasteiger charge is 2.11. The highest BCUT2D eigenvalue weighted by atomic mass is 32.1. The van der Waals surface area contributed by atoms with Crippen LogP contribution in [0.2, 0.25) is 0 Å². The first-order chi connectivity index (χ1) is 10.8. The maximum absolute atomic E-state index is 12.3. The van der Waals surface area contributed by atoms with Crippen molar-refractivity contribution in [1.29, 1.82) is 0 Å². The quantitative estimate of drug-likeness (QED) is 0.617. The Hall–Kier alpha value is -2.73. The number of fused-ring (bicyclic) bond motifs is 2. The van der Waals surface area contributed by atoms with Crippen LogP contribution < -0.4 is 5.32 Å². The van der Waals surface area contributed by atoms with Crippen LogP contribution in [-0.4, -0.2) is 21.0 Å².